The molecule has 1 saturated heterocycles. The van der Waals surface area contributed by atoms with Crippen molar-refractivity contribution in [2.45, 2.75) is 12.8 Å². The monoisotopic (exact) mass is 246 g/mol. The molecular weight excluding hydrogens is 228 g/mol. The van der Waals surface area contributed by atoms with Crippen LogP contribution in [-0.2, 0) is 9.59 Å². The molecule has 1 aliphatic heterocycles. The molecule has 0 aromatic carbocycles. The lowest BCUT2D eigenvalue weighted by molar-refractivity contribution is -0.132. The Morgan fingerprint density at radius 2 is 2.00 bits per heavy atom. The summed E-state index contributed by atoms with van der Waals surface area (Å²) in [4.78, 5) is 24.4. The Morgan fingerprint density at radius 3 is 2.50 bits per heavy atom. The van der Waals surface area contributed by atoms with E-state index < -0.39 is 0 Å². The highest BCUT2D eigenvalue weighted by molar-refractivity contribution is 7.99. The van der Waals surface area contributed by atoms with Gasteiger partial charge in [0.2, 0.25) is 11.8 Å². The van der Waals surface area contributed by atoms with Gasteiger partial charge in [-0.15, -0.1) is 11.8 Å². The van der Waals surface area contributed by atoms with Crippen molar-refractivity contribution >= 4 is 23.6 Å². The van der Waals surface area contributed by atoms with Crippen LogP contribution in [0.3, 0.4) is 0 Å². The molecule has 0 aromatic rings. The smallest absolute Gasteiger partial charge is 0.232 e. The van der Waals surface area contributed by atoms with E-state index in [0.717, 1.165) is 0 Å². The van der Waals surface area contributed by atoms with Gasteiger partial charge in [0.1, 0.15) is 0 Å². The summed E-state index contributed by atoms with van der Waals surface area (Å²) >= 11 is 1.43. The number of aliphatic hydroxyl groups is 1. The fourth-order valence-corrected chi connectivity index (χ4v) is 2.36. The van der Waals surface area contributed by atoms with Crippen LogP contribution in [0, 0.1) is 5.92 Å². The van der Waals surface area contributed by atoms with Gasteiger partial charge >= 0.3 is 0 Å². The highest BCUT2D eigenvalue weighted by atomic mass is 32.2. The van der Waals surface area contributed by atoms with Gasteiger partial charge in [0, 0.05) is 24.8 Å². The van der Waals surface area contributed by atoms with Crippen LogP contribution in [0.25, 0.3) is 0 Å². The number of carbonyl (C=O) groups excluding carboxylic acids is 2. The van der Waals surface area contributed by atoms with E-state index in [-0.39, 0.29) is 24.3 Å². The molecule has 1 fully saturated rings. The maximum Gasteiger partial charge on any atom is 0.232 e. The van der Waals surface area contributed by atoms with Crippen molar-refractivity contribution in [3.8, 4) is 0 Å². The number of amides is 2. The highest BCUT2D eigenvalue weighted by Crippen LogP contribution is 2.17. The molecule has 1 aliphatic rings. The number of hydrogen-bond acceptors (Lipinski definition) is 4. The summed E-state index contributed by atoms with van der Waals surface area (Å²) in [5, 5.41) is 8.59. The van der Waals surface area contributed by atoms with Crippen LogP contribution in [0.5, 0.6) is 0 Å². The predicted molar refractivity (Wildman–Crippen MR) is 62.9 cm³/mol. The van der Waals surface area contributed by atoms with Gasteiger partial charge in [-0.25, -0.2) is 0 Å². The van der Waals surface area contributed by atoms with Crippen molar-refractivity contribution in [1.82, 2.24) is 4.90 Å². The number of rotatable bonds is 5. The zero-order chi connectivity index (χ0) is 12.0. The van der Waals surface area contributed by atoms with E-state index >= 15 is 0 Å². The molecule has 0 unspecified atom stereocenters. The van der Waals surface area contributed by atoms with Crippen molar-refractivity contribution in [3.63, 3.8) is 0 Å². The van der Waals surface area contributed by atoms with E-state index in [2.05, 4.69) is 0 Å². The SMILES string of the molecule is NC(=O)C1CCN(C(=O)CSCCO)CC1. The Kier molecular flexibility index (Phi) is 5.62. The van der Waals surface area contributed by atoms with Crippen LogP contribution in [0.2, 0.25) is 0 Å². The van der Waals surface area contributed by atoms with Gasteiger partial charge < -0.3 is 15.7 Å². The third kappa shape index (κ3) is 4.02. The third-order valence-corrected chi connectivity index (χ3v) is 3.63. The molecule has 0 spiro atoms. The highest BCUT2D eigenvalue weighted by Gasteiger charge is 2.25. The Labute approximate surface area is 99.4 Å². The number of aliphatic hydroxyl groups excluding tert-OH is 1. The van der Waals surface area contributed by atoms with Crippen LogP contribution >= 0.6 is 11.8 Å². The predicted octanol–water partition coefficient (Wildman–Crippen LogP) is -0.564. The van der Waals surface area contributed by atoms with Crippen molar-refractivity contribution in [2.75, 3.05) is 31.2 Å². The van der Waals surface area contributed by atoms with Gasteiger partial charge in [-0.2, -0.15) is 0 Å². The number of nitrogens with two attached hydrogens (primary N) is 1. The maximum atomic E-state index is 11.7. The zero-order valence-corrected chi connectivity index (χ0v) is 10.0. The lowest BCUT2D eigenvalue weighted by Crippen LogP contribution is -2.42. The summed E-state index contributed by atoms with van der Waals surface area (Å²) in [6.07, 6.45) is 1.34. The Bertz CT molecular complexity index is 252. The van der Waals surface area contributed by atoms with Crippen molar-refractivity contribution in [1.29, 1.82) is 0 Å². The van der Waals surface area contributed by atoms with E-state index in [9.17, 15) is 9.59 Å². The number of piperidine rings is 1. The summed E-state index contributed by atoms with van der Waals surface area (Å²) < 4.78 is 0. The fraction of sp³-hybridized carbons (Fsp3) is 0.800. The third-order valence-electron chi connectivity index (χ3n) is 2.71. The van der Waals surface area contributed by atoms with Gasteiger partial charge in [0.05, 0.1) is 12.4 Å². The molecule has 0 aliphatic carbocycles. The summed E-state index contributed by atoms with van der Waals surface area (Å²) in [6, 6.07) is 0. The Balaban J connectivity index is 2.25. The lowest BCUT2D eigenvalue weighted by atomic mass is 9.96. The van der Waals surface area contributed by atoms with Crippen LogP contribution in [0.1, 0.15) is 12.8 Å². The number of hydrogen-bond donors (Lipinski definition) is 2. The van der Waals surface area contributed by atoms with Gasteiger partial charge in [0.25, 0.3) is 0 Å². The van der Waals surface area contributed by atoms with E-state index in [1.165, 1.54) is 11.8 Å². The number of likely N-dealkylation sites (tertiary alicyclic amines) is 1. The van der Waals surface area contributed by atoms with Crippen molar-refractivity contribution in [3.05, 3.63) is 0 Å². The molecule has 0 radical (unpaired) electrons. The number of carbonyl (C=O) groups is 2. The fourth-order valence-electron chi connectivity index (χ4n) is 1.73. The minimum absolute atomic E-state index is 0.0749. The maximum absolute atomic E-state index is 11.7. The molecule has 1 heterocycles. The van der Waals surface area contributed by atoms with Crippen LogP contribution in [0.15, 0.2) is 0 Å². The first-order chi connectivity index (χ1) is 7.65. The van der Waals surface area contributed by atoms with Crippen LogP contribution < -0.4 is 5.73 Å². The molecule has 1 rings (SSSR count). The molecule has 16 heavy (non-hydrogen) atoms. The second-order valence-electron chi connectivity index (χ2n) is 3.83. The van der Waals surface area contributed by atoms with Gasteiger partial charge in [0.15, 0.2) is 0 Å². The second kappa shape index (κ2) is 6.75. The summed E-state index contributed by atoms with van der Waals surface area (Å²) in [5.74, 6) is 0.739. The number of primary amides is 1. The van der Waals surface area contributed by atoms with Crippen LogP contribution in [0.4, 0.5) is 0 Å². The van der Waals surface area contributed by atoms with Gasteiger partial charge in [-0.05, 0) is 12.8 Å². The Morgan fingerprint density at radius 1 is 1.38 bits per heavy atom. The molecule has 92 valence electrons. The molecule has 0 aromatic heterocycles. The average molecular weight is 246 g/mol. The van der Waals surface area contributed by atoms with Crippen LogP contribution in [-0.4, -0.2) is 53.0 Å². The quantitative estimate of drug-likeness (QED) is 0.637. The molecule has 5 nitrogen and oxygen atoms in total. The van der Waals surface area contributed by atoms with E-state index in [0.29, 0.717) is 37.4 Å². The largest absolute Gasteiger partial charge is 0.396 e. The first-order valence-electron chi connectivity index (χ1n) is 5.41. The molecule has 0 atom stereocenters. The molecule has 3 N–H and O–H groups in total. The first kappa shape index (κ1) is 13.3. The van der Waals surface area contributed by atoms with E-state index in [1.807, 2.05) is 0 Å². The lowest BCUT2D eigenvalue weighted by Gasteiger charge is -2.30. The summed E-state index contributed by atoms with van der Waals surface area (Å²) in [6.45, 7) is 1.33. The second-order valence-corrected chi connectivity index (χ2v) is 4.94. The minimum atomic E-state index is -0.262. The van der Waals surface area contributed by atoms with Crippen molar-refractivity contribution < 1.29 is 14.7 Å². The number of nitrogens with zero attached hydrogens (tertiary/aromatic N) is 1. The zero-order valence-electron chi connectivity index (χ0n) is 9.22. The number of thioether (sulfide) groups is 1. The molecule has 2 amide bonds. The van der Waals surface area contributed by atoms with Gasteiger partial charge in [-0.1, -0.05) is 0 Å². The topological polar surface area (TPSA) is 83.6 Å². The average Bonchev–Trinajstić information content (AvgIpc) is 2.29. The van der Waals surface area contributed by atoms with Gasteiger partial charge in [-0.3, -0.25) is 9.59 Å². The van der Waals surface area contributed by atoms with Crippen molar-refractivity contribution in [2.24, 2.45) is 11.7 Å². The standard InChI is InChI=1S/C10H18N2O3S/c11-10(15)8-1-3-12(4-2-8)9(14)7-16-6-5-13/h8,13H,1-7H2,(H2,11,15). The van der Waals surface area contributed by atoms with E-state index in [4.69, 9.17) is 10.8 Å². The summed E-state index contributed by atoms with van der Waals surface area (Å²) in [7, 11) is 0. The molecule has 0 bridgehead atoms. The minimum Gasteiger partial charge on any atom is -0.396 e. The Hall–Kier alpha value is -0.750. The molecular formula is C10H18N2O3S. The first-order valence-corrected chi connectivity index (χ1v) is 6.56. The molecule has 6 heteroatoms. The van der Waals surface area contributed by atoms with E-state index in [1.54, 1.807) is 4.90 Å². The summed E-state index contributed by atoms with van der Waals surface area (Å²) in [5.41, 5.74) is 5.21. The molecule has 0 saturated carbocycles. The normalized spacial score (nSPS) is 17.4.